The molecule has 0 saturated carbocycles. The fourth-order valence-electron chi connectivity index (χ4n) is 4.51. The van der Waals surface area contributed by atoms with Crippen molar-refractivity contribution in [3.8, 4) is 5.75 Å². The number of nitrogens with zero attached hydrogens (tertiary/aromatic N) is 1. The molecule has 156 valence electrons. The number of carbonyl (C=O) groups excluding carboxylic acids is 1. The van der Waals surface area contributed by atoms with Gasteiger partial charge in [-0.2, -0.15) is 0 Å². The van der Waals surface area contributed by atoms with Gasteiger partial charge in [0.05, 0.1) is 0 Å². The highest BCUT2D eigenvalue weighted by atomic mass is 16.6. The molecule has 0 bridgehead atoms. The Hall–Kier alpha value is -2.83. The number of likely N-dealkylation sites (tertiary alicyclic amines) is 1. The average molecular weight is 405 g/mol. The maximum Gasteiger partial charge on any atom is 0.414 e. The lowest BCUT2D eigenvalue weighted by Gasteiger charge is -2.27. The van der Waals surface area contributed by atoms with Crippen LogP contribution in [0.25, 0.3) is 11.0 Å². The van der Waals surface area contributed by atoms with E-state index in [1.54, 1.807) is 6.07 Å². The summed E-state index contributed by atoms with van der Waals surface area (Å²) in [5.74, 6) is 1.85. The molecule has 3 heterocycles. The lowest BCUT2D eigenvalue weighted by atomic mass is 9.94. The van der Waals surface area contributed by atoms with E-state index in [4.69, 9.17) is 9.15 Å². The number of rotatable bonds is 3. The number of carbonyl (C=O) groups is 1. The maximum atomic E-state index is 12.7. The summed E-state index contributed by atoms with van der Waals surface area (Å²) in [4.78, 5) is 15.0. The lowest BCUT2D eigenvalue weighted by Crippen LogP contribution is -2.43. The Kier molecular flexibility index (Phi) is 5.19. The molecule has 1 atom stereocenters. The molecule has 6 heteroatoms. The van der Waals surface area contributed by atoms with E-state index in [0.29, 0.717) is 17.3 Å². The molecule has 0 radical (unpaired) electrons. The summed E-state index contributed by atoms with van der Waals surface area (Å²) in [7, 11) is 2.15. The lowest BCUT2D eigenvalue weighted by molar-refractivity contribution is 0.192. The number of furan rings is 1. The molecule has 6 nitrogen and oxygen atoms in total. The van der Waals surface area contributed by atoms with Crippen LogP contribution in [0.15, 0.2) is 52.9 Å². The third-order valence-electron chi connectivity index (χ3n) is 6.22. The molecule has 3 aromatic rings. The third-order valence-corrected chi connectivity index (χ3v) is 6.22. The first-order chi connectivity index (χ1) is 14.7. The van der Waals surface area contributed by atoms with Gasteiger partial charge >= 0.3 is 6.09 Å². The van der Waals surface area contributed by atoms with Crippen molar-refractivity contribution < 1.29 is 13.9 Å². The predicted octanol–water partition coefficient (Wildman–Crippen LogP) is 4.17. The monoisotopic (exact) mass is 405 g/mol. The van der Waals surface area contributed by atoms with E-state index in [9.17, 15) is 4.79 Å². The van der Waals surface area contributed by atoms with Crippen LogP contribution >= 0.6 is 0 Å². The quantitative estimate of drug-likeness (QED) is 0.684. The zero-order valence-corrected chi connectivity index (χ0v) is 17.2. The van der Waals surface area contributed by atoms with Crippen molar-refractivity contribution in [2.45, 2.75) is 31.3 Å². The SMILES string of the molecule is CN1CCC(c2cc3cccc(OC(=O)NC4NCCc5ccccc54)c3o2)CC1. The Balaban J connectivity index is 1.32. The van der Waals surface area contributed by atoms with E-state index in [1.807, 2.05) is 30.3 Å². The number of benzene rings is 2. The first-order valence-corrected chi connectivity index (χ1v) is 10.7. The Morgan fingerprint density at radius 3 is 2.87 bits per heavy atom. The molecule has 1 saturated heterocycles. The largest absolute Gasteiger partial charge is 0.457 e. The summed E-state index contributed by atoms with van der Waals surface area (Å²) in [5.41, 5.74) is 2.97. The highest BCUT2D eigenvalue weighted by Crippen LogP contribution is 2.35. The van der Waals surface area contributed by atoms with E-state index in [1.165, 1.54) is 5.56 Å². The first-order valence-electron chi connectivity index (χ1n) is 10.7. The van der Waals surface area contributed by atoms with Gasteiger partial charge in [-0.05, 0) is 62.7 Å². The van der Waals surface area contributed by atoms with Crippen LogP contribution in [-0.2, 0) is 6.42 Å². The fourth-order valence-corrected chi connectivity index (χ4v) is 4.51. The second-order valence-corrected chi connectivity index (χ2v) is 8.27. The van der Waals surface area contributed by atoms with Crippen molar-refractivity contribution in [1.82, 2.24) is 15.5 Å². The van der Waals surface area contributed by atoms with Gasteiger partial charge in [0.1, 0.15) is 11.9 Å². The van der Waals surface area contributed by atoms with E-state index in [2.05, 4.69) is 34.7 Å². The fraction of sp³-hybridized carbons (Fsp3) is 0.375. The molecule has 5 rings (SSSR count). The van der Waals surface area contributed by atoms with E-state index in [0.717, 1.165) is 55.6 Å². The first kappa shape index (κ1) is 19.2. The molecule has 1 fully saturated rings. The number of ether oxygens (including phenoxy) is 1. The topological polar surface area (TPSA) is 66.7 Å². The van der Waals surface area contributed by atoms with Gasteiger partial charge in [-0.3, -0.25) is 5.32 Å². The summed E-state index contributed by atoms with van der Waals surface area (Å²) in [6.07, 6.45) is 2.37. The van der Waals surface area contributed by atoms with E-state index < -0.39 is 6.09 Å². The Bertz CT molecular complexity index is 1050. The van der Waals surface area contributed by atoms with Gasteiger partial charge in [-0.15, -0.1) is 0 Å². The van der Waals surface area contributed by atoms with Gasteiger partial charge in [0.25, 0.3) is 0 Å². The van der Waals surface area contributed by atoms with Crippen LogP contribution in [0.2, 0.25) is 0 Å². The van der Waals surface area contributed by atoms with Crippen LogP contribution in [0.1, 0.15) is 41.8 Å². The Morgan fingerprint density at radius 1 is 1.17 bits per heavy atom. The van der Waals surface area contributed by atoms with E-state index in [-0.39, 0.29) is 6.17 Å². The molecule has 1 aromatic heterocycles. The summed E-state index contributed by atoms with van der Waals surface area (Å²) >= 11 is 0. The van der Waals surface area contributed by atoms with Crippen molar-refractivity contribution in [1.29, 1.82) is 0 Å². The number of piperidine rings is 1. The molecular weight excluding hydrogens is 378 g/mol. The van der Waals surface area contributed by atoms with Crippen LogP contribution in [0.5, 0.6) is 5.75 Å². The average Bonchev–Trinajstić information content (AvgIpc) is 3.20. The predicted molar refractivity (Wildman–Crippen MR) is 116 cm³/mol. The molecule has 2 aliphatic rings. The molecule has 0 spiro atoms. The van der Waals surface area contributed by atoms with Gasteiger partial charge in [-0.1, -0.05) is 36.4 Å². The maximum absolute atomic E-state index is 12.7. The number of hydrogen-bond acceptors (Lipinski definition) is 5. The standard InChI is InChI=1S/C24H27N3O3/c1-27-13-10-17(11-14-27)21-15-18-6-4-8-20(22(18)29-21)30-24(28)26-23-19-7-3-2-5-16(19)9-12-25-23/h2-8,15,17,23,25H,9-14H2,1H3,(H,26,28). The molecule has 30 heavy (non-hydrogen) atoms. The van der Waals surface area contributed by atoms with Crippen LogP contribution in [0.3, 0.4) is 0 Å². The van der Waals surface area contributed by atoms with Gasteiger partial charge < -0.3 is 19.4 Å². The zero-order valence-electron chi connectivity index (χ0n) is 17.2. The number of para-hydroxylation sites is 1. The summed E-state index contributed by atoms with van der Waals surface area (Å²) in [6.45, 7) is 2.96. The normalized spacial score (nSPS) is 20.1. The molecule has 2 aliphatic heterocycles. The van der Waals surface area contributed by atoms with Crippen LogP contribution < -0.4 is 15.4 Å². The van der Waals surface area contributed by atoms with Crippen molar-refractivity contribution in [3.63, 3.8) is 0 Å². The minimum atomic E-state index is -0.492. The Morgan fingerprint density at radius 2 is 2.00 bits per heavy atom. The molecule has 2 aromatic carbocycles. The third kappa shape index (κ3) is 3.80. The second-order valence-electron chi connectivity index (χ2n) is 8.27. The highest BCUT2D eigenvalue weighted by molar-refractivity contribution is 5.86. The second kappa shape index (κ2) is 8.13. The molecule has 0 aliphatic carbocycles. The van der Waals surface area contributed by atoms with Gasteiger partial charge in [0.2, 0.25) is 0 Å². The molecule has 1 unspecified atom stereocenters. The van der Waals surface area contributed by atoms with E-state index >= 15 is 0 Å². The number of fused-ring (bicyclic) bond motifs is 2. The summed E-state index contributed by atoms with van der Waals surface area (Å²) in [5, 5.41) is 7.25. The highest BCUT2D eigenvalue weighted by Gasteiger charge is 2.24. The van der Waals surface area contributed by atoms with Crippen molar-refractivity contribution in [2.75, 3.05) is 26.7 Å². The van der Waals surface area contributed by atoms with Crippen LogP contribution in [-0.4, -0.2) is 37.7 Å². The van der Waals surface area contributed by atoms with Crippen LogP contribution in [0, 0.1) is 0 Å². The summed E-state index contributed by atoms with van der Waals surface area (Å²) in [6, 6.07) is 15.9. The van der Waals surface area contributed by atoms with Crippen molar-refractivity contribution in [3.05, 3.63) is 65.4 Å². The minimum Gasteiger partial charge on any atom is -0.457 e. The number of amides is 1. The molecule has 1 amide bonds. The number of hydrogen-bond donors (Lipinski definition) is 2. The zero-order chi connectivity index (χ0) is 20.5. The van der Waals surface area contributed by atoms with Crippen molar-refractivity contribution >= 4 is 17.1 Å². The molecule has 2 N–H and O–H groups in total. The minimum absolute atomic E-state index is 0.256. The van der Waals surface area contributed by atoms with Gasteiger partial charge in [0, 0.05) is 17.8 Å². The van der Waals surface area contributed by atoms with Gasteiger partial charge in [0.15, 0.2) is 11.3 Å². The summed E-state index contributed by atoms with van der Waals surface area (Å²) < 4.78 is 11.9. The van der Waals surface area contributed by atoms with Crippen LogP contribution in [0.4, 0.5) is 4.79 Å². The number of nitrogens with one attached hydrogen (secondary N) is 2. The smallest absolute Gasteiger partial charge is 0.414 e. The van der Waals surface area contributed by atoms with Crippen molar-refractivity contribution in [2.24, 2.45) is 0 Å². The van der Waals surface area contributed by atoms with Gasteiger partial charge in [-0.25, -0.2) is 4.79 Å². The Labute approximate surface area is 176 Å². The molecular formula is C24H27N3O3.